The minimum absolute atomic E-state index is 0.284. The van der Waals surface area contributed by atoms with Crippen molar-refractivity contribution in [3.8, 4) is 6.07 Å². The second-order valence-corrected chi connectivity index (χ2v) is 4.41. The zero-order chi connectivity index (χ0) is 10.9. The van der Waals surface area contributed by atoms with Crippen LogP contribution in [0.25, 0.3) is 0 Å². The number of nitrogens with zero attached hydrogens (tertiary/aromatic N) is 1. The lowest BCUT2D eigenvalue weighted by molar-refractivity contribution is 0.00447. The van der Waals surface area contributed by atoms with Gasteiger partial charge in [-0.05, 0) is 42.9 Å². The van der Waals surface area contributed by atoms with E-state index >= 15 is 0 Å². The molecular formula is C13H15NO. The summed E-state index contributed by atoms with van der Waals surface area (Å²) in [6, 6.07) is 9.45. The third-order valence-corrected chi connectivity index (χ3v) is 3.50. The molecule has 0 aromatic heterocycles. The summed E-state index contributed by atoms with van der Waals surface area (Å²) >= 11 is 0. The molecule has 0 spiro atoms. The Labute approximate surface area is 90.2 Å². The van der Waals surface area contributed by atoms with Crippen molar-refractivity contribution < 1.29 is 5.11 Å². The van der Waals surface area contributed by atoms with Crippen molar-refractivity contribution in [2.45, 2.75) is 31.8 Å². The number of rotatable bonds is 1. The normalized spacial score (nSPS) is 30.1. The number of aliphatic hydroxyl groups is 1. The van der Waals surface area contributed by atoms with E-state index in [9.17, 15) is 5.11 Å². The van der Waals surface area contributed by atoms with Gasteiger partial charge in [-0.1, -0.05) is 19.1 Å². The predicted molar refractivity (Wildman–Crippen MR) is 58.1 cm³/mol. The largest absolute Gasteiger partial charge is 0.385 e. The van der Waals surface area contributed by atoms with Crippen molar-refractivity contribution in [2.75, 3.05) is 0 Å². The minimum Gasteiger partial charge on any atom is -0.385 e. The smallest absolute Gasteiger partial charge is 0.0991 e. The minimum atomic E-state index is -0.715. The van der Waals surface area contributed by atoms with Crippen LogP contribution in [0.2, 0.25) is 0 Å². The summed E-state index contributed by atoms with van der Waals surface area (Å²) in [6.07, 6.45) is 2.94. The van der Waals surface area contributed by atoms with Crippen molar-refractivity contribution in [3.05, 3.63) is 35.4 Å². The fourth-order valence-corrected chi connectivity index (χ4v) is 2.45. The van der Waals surface area contributed by atoms with Crippen molar-refractivity contribution in [3.63, 3.8) is 0 Å². The van der Waals surface area contributed by atoms with Gasteiger partial charge in [0.2, 0.25) is 0 Å². The monoisotopic (exact) mass is 201 g/mol. The van der Waals surface area contributed by atoms with Gasteiger partial charge in [0.1, 0.15) is 0 Å². The summed E-state index contributed by atoms with van der Waals surface area (Å²) in [6.45, 7) is 2.08. The maximum absolute atomic E-state index is 10.5. The SMILES string of the molecule is C[C@H]1CCC[C@@]1(O)c1cccc(C#N)c1. The van der Waals surface area contributed by atoms with Crippen molar-refractivity contribution in [2.24, 2.45) is 5.92 Å². The van der Waals surface area contributed by atoms with E-state index in [1.54, 1.807) is 6.07 Å². The van der Waals surface area contributed by atoms with E-state index in [4.69, 9.17) is 5.26 Å². The first kappa shape index (κ1) is 10.2. The van der Waals surface area contributed by atoms with Crippen LogP contribution in [0.5, 0.6) is 0 Å². The molecule has 0 unspecified atom stereocenters. The molecule has 78 valence electrons. The summed E-state index contributed by atoms with van der Waals surface area (Å²) in [5, 5.41) is 19.4. The van der Waals surface area contributed by atoms with Crippen LogP contribution in [0.4, 0.5) is 0 Å². The lowest BCUT2D eigenvalue weighted by Gasteiger charge is -2.28. The maximum Gasteiger partial charge on any atom is 0.0991 e. The summed E-state index contributed by atoms with van der Waals surface area (Å²) in [4.78, 5) is 0. The summed E-state index contributed by atoms with van der Waals surface area (Å²) in [5.41, 5.74) is 0.805. The van der Waals surface area contributed by atoms with Gasteiger partial charge in [0.15, 0.2) is 0 Å². The molecule has 0 heterocycles. The third kappa shape index (κ3) is 1.64. The van der Waals surface area contributed by atoms with E-state index in [0.29, 0.717) is 5.56 Å². The molecule has 2 atom stereocenters. The summed E-state index contributed by atoms with van der Waals surface area (Å²) < 4.78 is 0. The van der Waals surface area contributed by atoms with Crippen LogP contribution in [-0.4, -0.2) is 5.11 Å². The predicted octanol–water partition coefficient (Wildman–Crippen LogP) is 2.57. The van der Waals surface area contributed by atoms with E-state index in [-0.39, 0.29) is 5.92 Å². The van der Waals surface area contributed by atoms with Crippen molar-refractivity contribution in [1.29, 1.82) is 5.26 Å². The fourth-order valence-electron chi connectivity index (χ4n) is 2.45. The van der Waals surface area contributed by atoms with E-state index < -0.39 is 5.60 Å². The lowest BCUT2D eigenvalue weighted by Crippen LogP contribution is -2.28. The zero-order valence-corrected chi connectivity index (χ0v) is 8.90. The van der Waals surface area contributed by atoms with Crippen molar-refractivity contribution >= 4 is 0 Å². The van der Waals surface area contributed by atoms with Crippen LogP contribution in [0.1, 0.15) is 37.3 Å². The standard InChI is InChI=1S/C13H15NO/c1-10-4-3-7-13(10,15)12-6-2-5-11(8-12)9-14/h2,5-6,8,10,15H,3-4,7H2,1H3/t10-,13-/m0/s1. The number of nitriles is 1. The third-order valence-electron chi connectivity index (χ3n) is 3.50. The Morgan fingerprint density at radius 3 is 2.93 bits per heavy atom. The van der Waals surface area contributed by atoms with Crippen LogP contribution in [0.3, 0.4) is 0 Å². The van der Waals surface area contributed by atoms with Gasteiger partial charge in [-0.15, -0.1) is 0 Å². The molecule has 1 aromatic carbocycles. The Kier molecular flexibility index (Phi) is 2.50. The second-order valence-electron chi connectivity index (χ2n) is 4.41. The van der Waals surface area contributed by atoms with Gasteiger partial charge in [0.05, 0.1) is 17.2 Å². The first-order chi connectivity index (χ1) is 7.16. The number of hydrogen-bond acceptors (Lipinski definition) is 2. The first-order valence-electron chi connectivity index (χ1n) is 5.40. The number of benzene rings is 1. The van der Waals surface area contributed by atoms with E-state index in [1.807, 2.05) is 18.2 Å². The second kappa shape index (κ2) is 3.67. The fraction of sp³-hybridized carbons (Fsp3) is 0.462. The highest BCUT2D eigenvalue weighted by Gasteiger charge is 2.39. The molecule has 1 N–H and O–H groups in total. The maximum atomic E-state index is 10.5. The molecule has 2 rings (SSSR count). The first-order valence-corrected chi connectivity index (χ1v) is 5.40. The van der Waals surface area contributed by atoms with Gasteiger partial charge < -0.3 is 5.11 Å². The Hall–Kier alpha value is -1.33. The van der Waals surface area contributed by atoms with Crippen molar-refractivity contribution in [1.82, 2.24) is 0 Å². The molecule has 0 radical (unpaired) electrons. The lowest BCUT2D eigenvalue weighted by atomic mass is 9.84. The quantitative estimate of drug-likeness (QED) is 0.758. The molecule has 0 bridgehead atoms. The van der Waals surface area contributed by atoms with Gasteiger partial charge in [0, 0.05) is 0 Å². The molecule has 15 heavy (non-hydrogen) atoms. The molecule has 1 fully saturated rings. The van der Waals surface area contributed by atoms with Crippen LogP contribution < -0.4 is 0 Å². The van der Waals surface area contributed by atoms with E-state index in [1.165, 1.54) is 0 Å². The van der Waals surface area contributed by atoms with E-state index in [0.717, 1.165) is 24.8 Å². The Bertz CT molecular complexity index is 407. The molecule has 1 aliphatic rings. The van der Waals surface area contributed by atoms with Gasteiger partial charge in [0.25, 0.3) is 0 Å². The van der Waals surface area contributed by atoms with Gasteiger partial charge in [-0.2, -0.15) is 5.26 Å². The Balaban J connectivity index is 2.41. The van der Waals surface area contributed by atoms with Gasteiger partial charge in [-0.25, -0.2) is 0 Å². The van der Waals surface area contributed by atoms with Crippen LogP contribution >= 0.6 is 0 Å². The van der Waals surface area contributed by atoms with Crippen LogP contribution in [0, 0.1) is 17.2 Å². The average molecular weight is 201 g/mol. The van der Waals surface area contributed by atoms with Gasteiger partial charge >= 0.3 is 0 Å². The summed E-state index contributed by atoms with van der Waals surface area (Å²) in [7, 11) is 0. The molecule has 1 aromatic rings. The zero-order valence-electron chi connectivity index (χ0n) is 8.90. The summed E-state index contributed by atoms with van der Waals surface area (Å²) in [5.74, 6) is 0.284. The molecule has 2 nitrogen and oxygen atoms in total. The molecule has 1 saturated carbocycles. The molecular weight excluding hydrogens is 186 g/mol. The highest BCUT2D eigenvalue weighted by molar-refractivity contribution is 5.36. The molecule has 2 heteroatoms. The molecule has 0 saturated heterocycles. The Morgan fingerprint density at radius 1 is 1.53 bits per heavy atom. The topological polar surface area (TPSA) is 44.0 Å². The van der Waals surface area contributed by atoms with Crippen LogP contribution in [-0.2, 0) is 5.60 Å². The molecule has 0 aliphatic heterocycles. The average Bonchev–Trinajstić information content (AvgIpc) is 2.61. The van der Waals surface area contributed by atoms with Gasteiger partial charge in [-0.3, -0.25) is 0 Å². The highest BCUT2D eigenvalue weighted by atomic mass is 16.3. The molecule has 0 amide bonds. The highest BCUT2D eigenvalue weighted by Crippen LogP contribution is 2.43. The number of hydrogen-bond donors (Lipinski definition) is 1. The Morgan fingerprint density at radius 2 is 2.33 bits per heavy atom. The van der Waals surface area contributed by atoms with Crippen LogP contribution in [0.15, 0.2) is 24.3 Å². The van der Waals surface area contributed by atoms with E-state index in [2.05, 4.69) is 13.0 Å². The molecule has 1 aliphatic carbocycles.